The number of aromatic amines is 1. The predicted molar refractivity (Wildman–Crippen MR) is 65.1 cm³/mol. The largest absolute Gasteiger partial charge is 0.466 e. The maximum absolute atomic E-state index is 12.8. The molecule has 0 amide bonds. The van der Waals surface area contributed by atoms with Gasteiger partial charge in [-0.15, -0.1) is 0 Å². The molecule has 17 heavy (non-hydrogen) atoms. The Morgan fingerprint density at radius 3 is 2.76 bits per heavy atom. The fourth-order valence-electron chi connectivity index (χ4n) is 1.34. The van der Waals surface area contributed by atoms with Crippen molar-refractivity contribution in [1.29, 1.82) is 0 Å². The third-order valence-electron chi connectivity index (χ3n) is 1.98. The molecule has 94 valence electrons. The Morgan fingerprint density at radius 2 is 2.24 bits per heavy atom. The average Bonchev–Trinajstić information content (AvgIpc) is 2.15. The van der Waals surface area contributed by atoms with Crippen molar-refractivity contribution >= 4 is 28.6 Å². The van der Waals surface area contributed by atoms with Gasteiger partial charge in [0.2, 0.25) is 5.56 Å². The normalized spacial score (nSPS) is 10.6. The van der Waals surface area contributed by atoms with Crippen LogP contribution >= 0.6 is 22.6 Å². The third kappa shape index (κ3) is 3.76. The van der Waals surface area contributed by atoms with Crippen LogP contribution in [0.4, 0.5) is 8.78 Å². The highest BCUT2D eigenvalue weighted by Gasteiger charge is 2.20. The van der Waals surface area contributed by atoms with Crippen LogP contribution < -0.4 is 5.56 Å². The van der Waals surface area contributed by atoms with E-state index in [0.29, 0.717) is 0 Å². The molecule has 0 spiro atoms. The quantitative estimate of drug-likeness (QED) is 0.510. The number of aromatic nitrogens is 1. The molecular weight excluding hydrogens is 347 g/mol. The van der Waals surface area contributed by atoms with Gasteiger partial charge in [-0.1, -0.05) is 0 Å². The monoisotopic (exact) mass is 357 g/mol. The Labute approximate surface area is 110 Å². The topological polar surface area (TPSA) is 59.2 Å². The van der Waals surface area contributed by atoms with Crippen molar-refractivity contribution in [3.05, 3.63) is 31.2 Å². The van der Waals surface area contributed by atoms with Crippen molar-refractivity contribution in [2.45, 2.75) is 19.8 Å². The molecular formula is C10H10F2INO3. The lowest BCUT2D eigenvalue weighted by molar-refractivity contribution is -0.142. The van der Waals surface area contributed by atoms with Gasteiger partial charge in [0.25, 0.3) is 6.43 Å². The molecule has 0 fully saturated rings. The maximum atomic E-state index is 12.8. The van der Waals surface area contributed by atoms with Crippen molar-refractivity contribution in [2.75, 3.05) is 6.61 Å². The Hall–Kier alpha value is -0.990. The summed E-state index contributed by atoms with van der Waals surface area (Å²) in [6.07, 6.45) is -3.07. The summed E-state index contributed by atoms with van der Waals surface area (Å²) in [5.74, 6) is -0.629. The second kappa shape index (κ2) is 6.08. The van der Waals surface area contributed by atoms with E-state index in [2.05, 4.69) is 9.72 Å². The van der Waals surface area contributed by atoms with E-state index in [1.165, 1.54) is 0 Å². The van der Waals surface area contributed by atoms with E-state index in [-0.39, 0.29) is 27.9 Å². The number of H-pyrrole nitrogens is 1. The van der Waals surface area contributed by atoms with Crippen LogP contribution in [-0.2, 0) is 16.0 Å². The Bertz CT molecular complexity index is 473. The van der Waals surface area contributed by atoms with Crippen molar-refractivity contribution < 1.29 is 18.3 Å². The van der Waals surface area contributed by atoms with E-state index in [1.807, 2.05) is 0 Å². The molecule has 7 heteroatoms. The summed E-state index contributed by atoms with van der Waals surface area (Å²) in [6.45, 7) is 1.79. The Balaban J connectivity index is 3.12. The third-order valence-corrected chi connectivity index (χ3v) is 2.83. The minimum Gasteiger partial charge on any atom is -0.466 e. The first-order chi connectivity index (χ1) is 7.95. The van der Waals surface area contributed by atoms with Crippen LogP contribution in [0.3, 0.4) is 0 Å². The number of esters is 1. The SMILES string of the molecule is CCOC(=O)Cc1cc(=O)[nH]c(I)c1C(F)F. The van der Waals surface area contributed by atoms with Gasteiger partial charge in [-0.05, 0) is 35.1 Å². The van der Waals surface area contributed by atoms with Crippen LogP contribution in [0.1, 0.15) is 24.5 Å². The number of hydrogen-bond donors (Lipinski definition) is 1. The van der Waals surface area contributed by atoms with Gasteiger partial charge in [-0.2, -0.15) is 0 Å². The van der Waals surface area contributed by atoms with Gasteiger partial charge in [0.1, 0.15) is 0 Å². The lowest BCUT2D eigenvalue weighted by atomic mass is 10.1. The summed E-state index contributed by atoms with van der Waals surface area (Å²) in [6, 6.07) is 1.00. The highest BCUT2D eigenvalue weighted by molar-refractivity contribution is 14.1. The summed E-state index contributed by atoms with van der Waals surface area (Å²) in [4.78, 5) is 24.7. The fourth-order valence-corrected chi connectivity index (χ4v) is 2.19. The predicted octanol–water partition coefficient (Wildman–Crippen LogP) is 2.02. The van der Waals surface area contributed by atoms with Gasteiger partial charge >= 0.3 is 5.97 Å². The number of carbonyl (C=O) groups is 1. The van der Waals surface area contributed by atoms with Crippen LogP contribution in [0.5, 0.6) is 0 Å². The summed E-state index contributed by atoms with van der Waals surface area (Å²) < 4.78 is 30.3. The maximum Gasteiger partial charge on any atom is 0.310 e. The number of rotatable bonds is 4. The standard InChI is InChI=1S/C10H10F2INO3/c1-2-17-7(16)4-5-3-6(15)14-10(13)8(5)9(11)12/h3,9H,2,4H2,1H3,(H,14,15). The Kier molecular flexibility index (Phi) is 5.03. The molecule has 1 aromatic rings. The van der Waals surface area contributed by atoms with E-state index in [9.17, 15) is 18.4 Å². The minimum absolute atomic E-state index is 0.00611. The summed E-state index contributed by atoms with van der Waals surface area (Å²) >= 11 is 1.61. The van der Waals surface area contributed by atoms with Crippen molar-refractivity contribution in [3.63, 3.8) is 0 Å². The number of halogens is 3. The number of pyridine rings is 1. The van der Waals surface area contributed by atoms with E-state index in [1.54, 1.807) is 29.5 Å². The van der Waals surface area contributed by atoms with Gasteiger partial charge in [0.15, 0.2) is 0 Å². The van der Waals surface area contributed by atoms with Gasteiger partial charge < -0.3 is 9.72 Å². The van der Waals surface area contributed by atoms with E-state index in [4.69, 9.17) is 0 Å². The van der Waals surface area contributed by atoms with E-state index in [0.717, 1.165) is 6.07 Å². The van der Waals surface area contributed by atoms with Crippen LogP contribution in [0.2, 0.25) is 0 Å². The molecule has 0 saturated heterocycles. The molecule has 0 atom stereocenters. The lowest BCUT2D eigenvalue weighted by Gasteiger charge is -2.09. The first-order valence-corrected chi connectivity index (χ1v) is 5.89. The van der Waals surface area contributed by atoms with E-state index < -0.39 is 18.0 Å². The molecule has 0 saturated carbocycles. The molecule has 0 aromatic carbocycles. The zero-order chi connectivity index (χ0) is 13.0. The van der Waals surface area contributed by atoms with E-state index >= 15 is 0 Å². The second-order valence-electron chi connectivity index (χ2n) is 3.17. The average molecular weight is 357 g/mol. The molecule has 1 aromatic heterocycles. The molecule has 0 bridgehead atoms. The molecule has 1 heterocycles. The van der Waals surface area contributed by atoms with Crippen LogP contribution in [0.25, 0.3) is 0 Å². The molecule has 0 aliphatic carbocycles. The summed E-state index contributed by atoms with van der Waals surface area (Å²) in [7, 11) is 0. The Morgan fingerprint density at radius 1 is 1.59 bits per heavy atom. The molecule has 0 aliphatic rings. The summed E-state index contributed by atoms with van der Waals surface area (Å²) in [5.41, 5.74) is -0.831. The number of carbonyl (C=O) groups excluding carboxylic acids is 1. The van der Waals surface area contributed by atoms with Gasteiger partial charge in [-0.3, -0.25) is 9.59 Å². The molecule has 0 unspecified atom stereocenters. The first-order valence-electron chi connectivity index (χ1n) is 4.81. The van der Waals surface area contributed by atoms with Gasteiger partial charge in [0.05, 0.1) is 22.3 Å². The highest BCUT2D eigenvalue weighted by atomic mass is 127. The van der Waals surface area contributed by atoms with Crippen LogP contribution in [0.15, 0.2) is 10.9 Å². The summed E-state index contributed by atoms with van der Waals surface area (Å²) in [5, 5.41) is 0. The number of ether oxygens (including phenoxy) is 1. The first kappa shape index (κ1) is 14.1. The molecule has 0 aliphatic heterocycles. The van der Waals surface area contributed by atoms with Crippen molar-refractivity contribution in [3.8, 4) is 0 Å². The smallest absolute Gasteiger partial charge is 0.310 e. The minimum atomic E-state index is -2.75. The number of alkyl halides is 2. The van der Waals surface area contributed by atoms with Gasteiger partial charge in [-0.25, -0.2) is 8.78 Å². The zero-order valence-electron chi connectivity index (χ0n) is 8.93. The van der Waals surface area contributed by atoms with Crippen LogP contribution in [-0.4, -0.2) is 17.6 Å². The molecule has 0 radical (unpaired) electrons. The fraction of sp³-hybridized carbons (Fsp3) is 0.400. The number of nitrogens with one attached hydrogen (secondary N) is 1. The lowest BCUT2D eigenvalue weighted by Crippen LogP contribution is -2.16. The molecule has 4 nitrogen and oxygen atoms in total. The van der Waals surface area contributed by atoms with Gasteiger partial charge in [0, 0.05) is 6.07 Å². The molecule has 1 rings (SSSR count). The van der Waals surface area contributed by atoms with Crippen molar-refractivity contribution in [2.24, 2.45) is 0 Å². The van der Waals surface area contributed by atoms with Crippen LogP contribution in [0, 0.1) is 3.70 Å². The zero-order valence-corrected chi connectivity index (χ0v) is 11.1. The number of hydrogen-bond acceptors (Lipinski definition) is 3. The highest BCUT2D eigenvalue weighted by Crippen LogP contribution is 2.26. The van der Waals surface area contributed by atoms with Crippen molar-refractivity contribution in [1.82, 2.24) is 4.98 Å². The molecule has 1 N–H and O–H groups in total. The second-order valence-corrected chi connectivity index (χ2v) is 4.25.